The smallest absolute Gasteiger partial charge is 0.335 e. The van der Waals surface area contributed by atoms with Crippen molar-refractivity contribution in [3.05, 3.63) is 94.1 Å². The van der Waals surface area contributed by atoms with Crippen LogP contribution in [-0.4, -0.2) is 51.3 Å². The number of nitriles is 1. The summed E-state index contributed by atoms with van der Waals surface area (Å²) in [5.41, 5.74) is 1.80. The lowest BCUT2D eigenvalue weighted by Crippen LogP contribution is -2.32. The van der Waals surface area contributed by atoms with Crippen LogP contribution in [0.3, 0.4) is 0 Å². The lowest BCUT2D eigenvalue weighted by Gasteiger charge is -2.28. The van der Waals surface area contributed by atoms with Gasteiger partial charge in [-0.2, -0.15) is 32.3 Å². The molecular weight excluding hydrogens is 613 g/mol. The molecule has 1 aromatic heterocycles. The third-order valence-electron chi connectivity index (χ3n) is 7.94. The molecule has 0 bridgehead atoms. The van der Waals surface area contributed by atoms with Gasteiger partial charge in [0.1, 0.15) is 23.8 Å². The molecule has 0 amide bonds. The first-order valence-corrected chi connectivity index (χ1v) is 13.7. The second-order valence-corrected chi connectivity index (χ2v) is 10.7. The second kappa shape index (κ2) is 13.9. The van der Waals surface area contributed by atoms with E-state index < -0.39 is 23.4 Å². The highest BCUT2D eigenvalue weighted by Gasteiger charge is 2.28. The maximum Gasteiger partial charge on any atom is 0.335 e. The average molecular weight is 645 g/mol. The summed E-state index contributed by atoms with van der Waals surface area (Å²) in [4.78, 5) is 18.3. The van der Waals surface area contributed by atoms with Crippen LogP contribution >= 0.6 is 27.0 Å². The molecule has 2 aliphatic rings. The van der Waals surface area contributed by atoms with E-state index in [-0.39, 0.29) is 68.0 Å². The van der Waals surface area contributed by atoms with Gasteiger partial charge in [-0.05, 0) is 73.3 Å². The lowest BCUT2D eigenvalue weighted by molar-refractivity contribution is -0.0591. The molecule has 0 aliphatic carbocycles. The Morgan fingerprint density at radius 3 is 2.55 bits per heavy atom. The number of nitrogens with zero attached hydrogens (tertiary/aromatic N) is 4. The SMILES string of the molecule is N#Cc1ccc(OCc2cc([C@@H]3CCN(Cc4nc5c(F)cc(C(=O)O)cc5n4C[C@@H]4CCO4)C3)ccc2F)c(F)c1.S.S. The van der Waals surface area contributed by atoms with Crippen molar-refractivity contribution >= 4 is 44.0 Å². The molecule has 8 nitrogen and oxygen atoms in total. The number of ether oxygens (including phenoxy) is 2. The average Bonchev–Trinajstić information content (AvgIpc) is 3.55. The van der Waals surface area contributed by atoms with Crippen LogP contribution in [0.5, 0.6) is 5.75 Å². The van der Waals surface area contributed by atoms with Crippen molar-refractivity contribution in [2.75, 3.05) is 19.7 Å². The number of aromatic carboxylic acids is 1. The Morgan fingerprint density at radius 1 is 1.07 bits per heavy atom. The molecule has 2 fully saturated rings. The molecule has 44 heavy (non-hydrogen) atoms. The highest BCUT2D eigenvalue weighted by molar-refractivity contribution is 7.59. The van der Waals surface area contributed by atoms with Crippen molar-refractivity contribution in [1.29, 1.82) is 5.26 Å². The summed E-state index contributed by atoms with van der Waals surface area (Å²) >= 11 is 0. The highest BCUT2D eigenvalue weighted by Crippen LogP contribution is 2.31. The van der Waals surface area contributed by atoms with E-state index in [9.17, 15) is 23.1 Å². The number of rotatable bonds is 9. The molecule has 4 aromatic rings. The fourth-order valence-electron chi connectivity index (χ4n) is 5.56. The summed E-state index contributed by atoms with van der Waals surface area (Å²) < 4.78 is 56.7. The summed E-state index contributed by atoms with van der Waals surface area (Å²) in [6.07, 6.45) is 1.63. The Bertz CT molecular complexity index is 1720. The van der Waals surface area contributed by atoms with Crippen LogP contribution in [0.1, 0.15) is 51.6 Å². The second-order valence-electron chi connectivity index (χ2n) is 10.7. The first-order chi connectivity index (χ1) is 20.3. The summed E-state index contributed by atoms with van der Waals surface area (Å²) in [6, 6.07) is 13.0. The number of carbonyl (C=O) groups is 1. The molecule has 0 spiro atoms. The van der Waals surface area contributed by atoms with Crippen molar-refractivity contribution in [3.63, 3.8) is 0 Å². The van der Waals surface area contributed by atoms with Crippen molar-refractivity contribution < 1.29 is 32.5 Å². The van der Waals surface area contributed by atoms with Gasteiger partial charge >= 0.3 is 5.97 Å². The van der Waals surface area contributed by atoms with Gasteiger partial charge in [-0.3, -0.25) is 4.90 Å². The van der Waals surface area contributed by atoms with E-state index in [0.717, 1.165) is 37.1 Å². The summed E-state index contributed by atoms with van der Waals surface area (Å²) in [5, 5.41) is 18.4. The highest BCUT2D eigenvalue weighted by atomic mass is 32.1. The van der Waals surface area contributed by atoms with Crippen LogP contribution < -0.4 is 4.74 Å². The molecule has 0 radical (unpaired) electrons. The van der Waals surface area contributed by atoms with E-state index in [1.54, 1.807) is 12.1 Å². The number of benzene rings is 3. The zero-order chi connectivity index (χ0) is 29.4. The number of imidazole rings is 1. The van der Waals surface area contributed by atoms with Gasteiger partial charge < -0.3 is 19.1 Å². The molecule has 3 heterocycles. The monoisotopic (exact) mass is 644 g/mol. The van der Waals surface area contributed by atoms with Gasteiger partial charge in [0.2, 0.25) is 0 Å². The van der Waals surface area contributed by atoms with Gasteiger partial charge in [0, 0.05) is 18.7 Å². The van der Waals surface area contributed by atoms with E-state index in [1.807, 2.05) is 10.6 Å². The Labute approximate surface area is 265 Å². The normalized spacial score (nSPS) is 17.8. The minimum absolute atomic E-state index is 0. The Kier molecular flexibility index (Phi) is 10.5. The van der Waals surface area contributed by atoms with Gasteiger partial charge in [0.05, 0.1) is 41.9 Å². The number of carboxylic acids is 1. The number of aromatic nitrogens is 2. The number of carboxylic acid groups (broad SMARTS) is 1. The molecule has 1 N–H and O–H groups in total. The zero-order valence-electron chi connectivity index (χ0n) is 23.5. The molecule has 6 rings (SSSR count). The van der Waals surface area contributed by atoms with E-state index in [2.05, 4.69) is 9.88 Å². The van der Waals surface area contributed by atoms with Crippen LogP contribution in [-0.2, 0) is 24.4 Å². The third kappa shape index (κ3) is 6.83. The quantitative estimate of drug-likeness (QED) is 0.253. The third-order valence-corrected chi connectivity index (χ3v) is 7.94. The number of likely N-dealkylation sites (tertiary alicyclic amines) is 1. The predicted molar refractivity (Wildman–Crippen MR) is 166 cm³/mol. The Morgan fingerprint density at radius 2 is 1.86 bits per heavy atom. The number of hydrogen-bond donors (Lipinski definition) is 1. The van der Waals surface area contributed by atoms with Gasteiger partial charge in [0.15, 0.2) is 17.4 Å². The van der Waals surface area contributed by atoms with Crippen LogP contribution in [0, 0.1) is 28.8 Å². The fraction of sp³-hybridized carbons (Fsp3) is 0.323. The van der Waals surface area contributed by atoms with Crippen LogP contribution in [0.2, 0.25) is 0 Å². The van der Waals surface area contributed by atoms with Crippen molar-refractivity contribution in [1.82, 2.24) is 14.5 Å². The molecule has 2 aliphatic heterocycles. The summed E-state index contributed by atoms with van der Waals surface area (Å²) in [7, 11) is 0. The summed E-state index contributed by atoms with van der Waals surface area (Å²) in [6.45, 7) is 2.75. The predicted octanol–water partition coefficient (Wildman–Crippen LogP) is 5.61. The van der Waals surface area contributed by atoms with Crippen LogP contribution in [0.15, 0.2) is 48.5 Å². The molecule has 3 aromatic carbocycles. The Balaban J connectivity index is 0.00000221. The Hall–Kier alpha value is -3.70. The number of hydrogen-bond acceptors (Lipinski definition) is 6. The van der Waals surface area contributed by atoms with E-state index >= 15 is 0 Å². The standard InChI is InChI=1S/C31H27F3N4O4.2H2S/c32-24-3-2-19(10-22(24)17-42-28-4-1-18(13-35)9-25(28)33)20-5-7-37(14-20)16-29-36-30-26(34)11-21(31(39)40)12-27(30)38(29)15-23-6-8-41-23;;/h1-4,9-12,20,23H,5-8,14-17H2,(H,39,40);2*1H2/t20-,23+;;/m1../s1. The molecule has 13 heteroatoms. The first-order valence-electron chi connectivity index (χ1n) is 13.7. The molecule has 2 atom stereocenters. The van der Waals surface area contributed by atoms with Crippen molar-refractivity contribution in [2.45, 2.75) is 44.6 Å². The fourth-order valence-corrected chi connectivity index (χ4v) is 5.56. The minimum Gasteiger partial charge on any atom is -0.486 e. The largest absolute Gasteiger partial charge is 0.486 e. The van der Waals surface area contributed by atoms with Crippen molar-refractivity contribution in [2.24, 2.45) is 0 Å². The molecular formula is C31H31F3N4O4S2. The van der Waals surface area contributed by atoms with Crippen LogP contribution in [0.25, 0.3) is 11.0 Å². The molecule has 0 unspecified atom stereocenters. The maximum absolute atomic E-state index is 14.9. The lowest BCUT2D eigenvalue weighted by atomic mass is 9.96. The number of halogens is 3. The van der Waals surface area contributed by atoms with Gasteiger partial charge in [0.25, 0.3) is 0 Å². The van der Waals surface area contributed by atoms with E-state index in [0.29, 0.717) is 43.1 Å². The topological polar surface area (TPSA) is 101 Å². The van der Waals surface area contributed by atoms with Gasteiger partial charge in [-0.1, -0.05) is 6.07 Å². The zero-order valence-corrected chi connectivity index (χ0v) is 25.5. The van der Waals surface area contributed by atoms with Crippen molar-refractivity contribution in [3.8, 4) is 11.8 Å². The summed E-state index contributed by atoms with van der Waals surface area (Å²) in [5.74, 6) is -2.38. The molecule has 232 valence electrons. The van der Waals surface area contributed by atoms with Gasteiger partial charge in [-0.25, -0.2) is 22.9 Å². The number of fused-ring (bicyclic) bond motifs is 1. The molecule has 0 saturated carbocycles. The van der Waals surface area contributed by atoms with E-state index in [1.165, 1.54) is 24.3 Å². The maximum atomic E-state index is 14.9. The molecule has 2 saturated heterocycles. The minimum atomic E-state index is -1.21. The van der Waals surface area contributed by atoms with Gasteiger partial charge in [-0.15, -0.1) is 0 Å². The van der Waals surface area contributed by atoms with E-state index in [4.69, 9.17) is 14.7 Å². The van der Waals surface area contributed by atoms with Crippen LogP contribution in [0.4, 0.5) is 13.2 Å². The first kappa shape index (κ1) is 33.2.